The maximum absolute atomic E-state index is 11.6. The third-order valence-corrected chi connectivity index (χ3v) is 5.97. The smallest absolute Gasteiger partial charge is 0.337 e. The fourth-order valence-corrected chi connectivity index (χ4v) is 4.12. The molecule has 0 unspecified atom stereocenters. The first-order chi connectivity index (χ1) is 9.91. The van der Waals surface area contributed by atoms with Crippen molar-refractivity contribution in [3.63, 3.8) is 0 Å². The largest absolute Gasteiger partial charge is 0.465 e. The lowest BCUT2D eigenvalue weighted by molar-refractivity contribution is 0.0600. The monoisotopic (exact) mass is 375 g/mol. The van der Waals surface area contributed by atoms with Crippen LogP contribution in [0.1, 0.15) is 22.3 Å². The summed E-state index contributed by atoms with van der Waals surface area (Å²) in [6, 6.07) is 5.33. The van der Waals surface area contributed by atoms with Crippen LogP contribution in [0.15, 0.2) is 22.7 Å². The van der Waals surface area contributed by atoms with Crippen LogP contribution in [0.2, 0.25) is 0 Å². The lowest BCUT2D eigenvalue weighted by Gasteiger charge is -2.20. The molecule has 1 aliphatic rings. The molecule has 0 radical (unpaired) electrons. The maximum atomic E-state index is 11.6. The van der Waals surface area contributed by atoms with Gasteiger partial charge in [-0.25, -0.2) is 13.2 Å². The van der Waals surface area contributed by atoms with Gasteiger partial charge in [-0.15, -0.1) is 0 Å². The second-order valence-corrected chi connectivity index (χ2v) is 8.24. The Bertz CT molecular complexity index is 630. The van der Waals surface area contributed by atoms with Crippen molar-refractivity contribution < 1.29 is 17.9 Å². The number of hydrogen-bond acceptors (Lipinski definition) is 5. The van der Waals surface area contributed by atoms with E-state index in [0.717, 1.165) is 16.6 Å². The normalized spacial score (nSPS) is 19.0. The fraction of sp³-hybridized carbons (Fsp3) is 0.500. The Morgan fingerprint density at radius 3 is 2.76 bits per heavy atom. The van der Waals surface area contributed by atoms with Crippen molar-refractivity contribution in [2.24, 2.45) is 0 Å². The fourth-order valence-electron chi connectivity index (χ4n) is 2.31. The molecular formula is C14H18BrNO4S. The zero-order chi connectivity index (χ0) is 15.5. The van der Waals surface area contributed by atoms with E-state index in [4.69, 9.17) is 0 Å². The molecule has 0 amide bonds. The van der Waals surface area contributed by atoms with Gasteiger partial charge in [-0.05, 0) is 30.7 Å². The number of carbonyl (C=O) groups is 1. The van der Waals surface area contributed by atoms with Crippen molar-refractivity contribution >= 4 is 31.7 Å². The molecule has 116 valence electrons. The summed E-state index contributed by atoms with van der Waals surface area (Å²) in [6.07, 6.45) is 0.667. The Balaban J connectivity index is 2.08. The number of rotatable bonds is 3. The molecule has 1 heterocycles. The molecular weight excluding hydrogens is 358 g/mol. The quantitative estimate of drug-likeness (QED) is 0.754. The summed E-state index contributed by atoms with van der Waals surface area (Å²) in [4.78, 5) is 13.6. The standard InChI is InChI=1S/C14H18BrNO4S/c1-20-14(17)11-3-4-12(13(15)9-11)10-16-5-2-7-21(18,19)8-6-16/h3-4,9H,2,5-8,10H2,1H3. The Morgan fingerprint density at radius 2 is 2.10 bits per heavy atom. The lowest BCUT2D eigenvalue weighted by Crippen LogP contribution is -2.26. The number of methoxy groups -OCH3 is 1. The van der Waals surface area contributed by atoms with Crippen molar-refractivity contribution in [1.82, 2.24) is 4.90 Å². The number of benzene rings is 1. The summed E-state index contributed by atoms with van der Waals surface area (Å²) in [6.45, 7) is 1.98. The second-order valence-electron chi connectivity index (χ2n) is 5.08. The van der Waals surface area contributed by atoms with Gasteiger partial charge >= 0.3 is 5.97 Å². The molecule has 0 N–H and O–H groups in total. The van der Waals surface area contributed by atoms with Crippen LogP contribution in [0.3, 0.4) is 0 Å². The van der Waals surface area contributed by atoms with Crippen LogP contribution >= 0.6 is 15.9 Å². The van der Waals surface area contributed by atoms with E-state index in [0.29, 0.717) is 25.1 Å². The van der Waals surface area contributed by atoms with Crippen molar-refractivity contribution in [2.45, 2.75) is 13.0 Å². The summed E-state index contributed by atoms with van der Waals surface area (Å²) in [5.41, 5.74) is 1.52. The molecule has 0 saturated carbocycles. The van der Waals surface area contributed by atoms with Crippen molar-refractivity contribution in [2.75, 3.05) is 31.7 Å². The van der Waals surface area contributed by atoms with Crippen LogP contribution in [0.25, 0.3) is 0 Å². The Kier molecular flexibility index (Phi) is 5.40. The minimum atomic E-state index is -2.89. The molecule has 0 spiro atoms. The molecule has 0 aromatic heterocycles. The van der Waals surface area contributed by atoms with Gasteiger partial charge in [-0.3, -0.25) is 4.90 Å². The number of ether oxygens (including phenoxy) is 1. The van der Waals surface area contributed by atoms with Crippen LogP contribution < -0.4 is 0 Å². The highest BCUT2D eigenvalue weighted by Crippen LogP contribution is 2.21. The Morgan fingerprint density at radius 1 is 1.33 bits per heavy atom. The summed E-state index contributed by atoms with van der Waals surface area (Å²) >= 11 is 3.46. The third kappa shape index (κ3) is 4.52. The van der Waals surface area contributed by atoms with Crippen molar-refractivity contribution in [3.8, 4) is 0 Å². The van der Waals surface area contributed by atoms with E-state index >= 15 is 0 Å². The number of esters is 1. The minimum absolute atomic E-state index is 0.213. The SMILES string of the molecule is COC(=O)c1ccc(CN2CCCS(=O)(=O)CC2)c(Br)c1. The zero-order valence-electron chi connectivity index (χ0n) is 11.8. The third-order valence-electron chi connectivity index (χ3n) is 3.52. The number of carbonyl (C=O) groups excluding carboxylic acids is 1. The van der Waals surface area contributed by atoms with Crippen LogP contribution in [-0.2, 0) is 21.1 Å². The molecule has 0 bridgehead atoms. The molecule has 1 aromatic carbocycles. The van der Waals surface area contributed by atoms with Gasteiger partial charge in [0.1, 0.15) is 0 Å². The minimum Gasteiger partial charge on any atom is -0.465 e. The van der Waals surface area contributed by atoms with Gasteiger partial charge in [0.25, 0.3) is 0 Å². The van der Waals surface area contributed by atoms with Crippen LogP contribution in [0.4, 0.5) is 0 Å². The van der Waals surface area contributed by atoms with Crippen LogP contribution in [-0.4, -0.2) is 51.0 Å². The highest BCUT2D eigenvalue weighted by atomic mass is 79.9. The molecule has 0 aliphatic carbocycles. The van der Waals surface area contributed by atoms with E-state index < -0.39 is 9.84 Å². The van der Waals surface area contributed by atoms with Gasteiger partial charge in [0.15, 0.2) is 9.84 Å². The van der Waals surface area contributed by atoms with Gasteiger partial charge in [-0.1, -0.05) is 22.0 Å². The van der Waals surface area contributed by atoms with E-state index in [1.54, 1.807) is 12.1 Å². The number of sulfone groups is 1. The van der Waals surface area contributed by atoms with Gasteiger partial charge in [0.05, 0.1) is 24.2 Å². The van der Waals surface area contributed by atoms with E-state index in [9.17, 15) is 13.2 Å². The Hall–Kier alpha value is -0.920. The second kappa shape index (κ2) is 6.89. The first kappa shape index (κ1) is 16.5. The van der Waals surface area contributed by atoms with Gasteiger partial charge in [0, 0.05) is 17.6 Å². The van der Waals surface area contributed by atoms with E-state index in [-0.39, 0.29) is 17.5 Å². The predicted octanol–water partition coefficient (Wildman–Crippen LogP) is 1.86. The molecule has 2 rings (SSSR count). The number of hydrogen-bond donors (Lipinski definition) is 0. The summed E-state index contributed by atoms with van der Waals surface area (Å²) in [5, 5.41) is 0. The first-order valence-electron chi connectivity index (χ1n) is 6.71. The molecule has 21 heavy (non-hydrogen) atoms. The van der Waals surface area contributed by atoms with Crippen LogP contribution in [0.5, 0.6) is 0 Å². The zero-order valence-corrected chi connectivity index (χ0v) is 14.2. The maximum Gasteiger partial charge on any atom is 0.337 e. The summed E-state index contributed by atoms with van der Waals surface area (Å²) < 4.78 is 28.7. The van der Waals surface area contributed by atoms with E-state index in [2.05, 4.69) is 25.6 Å². The number of halogens is 1. The van der Waals surface area contributed by atoms with Gasteiger partial charge < -0.3 is 4.74 Å². The average Bonchev–Trinajstić information content (AvgIpc) is 2.61. The van der Waals surface area contributed by atoms with Crippen LogP contribution in [0, 0.1) is 0 Å². The topological polar surface area (TPSA) is 63.7 Å². The van der Waals surface area contributed by atoms with Crippen molar-refractivity contribution in [3.05, 3.63) is 33.8 Å². The van der Waals surface area contributed by atoms with Gasteiger partial charge in [-0.2, -0.15) is 0 Å². The molecule has 1 saturated heterocycles. The highest BCUT2D eigenvalue weighted by Gasteiger charge is 2.20. The van der Waals surface area contributed by atoms with Crippen molar-refractivity contribution in [1.29, 1.82) is 0 Å². The van der Waals surface area contributed by atoms with Gasteiger partial charge in [0.2, 0.25) is 0 Å². The summed E-state index contributed by atoms with van der Waals surface area (Å²) in [5.74, 6) is 0.111. The summed E-state index contributed by atoms with van der Waals surface area (Å²) in [7, 11) is -1.54. The molecule has 5 nitrogen and oxygen atoms in total. The lowest BCUT2D eigenvalue weighted by atomic mass is 10.1. The Labute approximate surface area is 133 Å². The molecule has 0 atom stereocenters. The predicted molar refractivity (Wildman–Crippen MR) is 84.0 cm³/mol. The highest BCUT2D eigenvalue weighted by molar-refractivity contribution is 9.10. The molecule has 7 heteroatoms. The molecule has 1 fully saturated rings. The number of nitrogens with zero attached hydrogens (tertiary/aromatic N) is 1. The van der Waals surface area contributed by atoms with E-state index in [1.165, 1.54) is 7.11 Å². The average molecular weight is 376 g/mol. The van der Waals surface area contributed by atoms with E-state index in [1.807, 2.05) is 6.07 Å². The molecule has 1 aliphatic heterocycles. The first-order valence-corrected chi connectivity index (χ1v) is 9.32. The molecule has 1 aromatic rings.